The van der Waals surface area contributed by atoms with Crippen LogP contribution in [0.1, 0.15) is 15.9 Å². The number of carbonyl (C=O) groups excluding carboxylic acids is 1. The van der Waals surface area contributed by atoms with Gasteiger partial charge in [-0.1, -0.05) is 6.07 Å². The first-order chi connectivity index (χ1) is 9.87. The Hall–Kier alpha value is -2.57. The quantitative estimate of drug-likeness (QED) is 0.871. The third kappa shape index (κ3) is 4.20. The molecule has 0 fully saturated rings. The molecule has 0 radical (unpaired) electrons. The highest BCUT2D eigenvalue weighted by Gasteiger charge is 2.31. The van der Waals surface area contributed by atoms with Crippen molar-refractivity contribution in [2.75, 3.05) is 5.32 Å². The van der Waals surface area contributed by atoms with Gasteiger partial charge in [0.15, 0.2) is 0 Å². The highest BCUT2D eigenvalue weighted by atomic mass is 19.4. The number of nitrogens with zero attached hydrogens (tertiary/aromatic N) is 1. The predicted octanol–water partition coefficient (Wildman–Crippen LogP) is 3.84. The van der Waals surface area contributed by atoms with Gasteiger partial charge in [0.05, 0.1) is 0 Å². The molecule has 0 bridgehead atoms. The van der Waals surface area contributed by atoms with Crippen LogP contribution in [-0.4, -0.2) is 17.6 Å². The van der Waals surface area contributed by atoms with Gasteiger partial charge in [-0.05, 0) is 30.7 Å². The van der Waals surface area contributed by atoms with Gasteiger partial charge in [-0.25, -0.2) is 4.98 Å². The molecule has 2 rings (SSSR count). The number of halogens is 3. The minimum atomic E-state index is -4.76. The Labute approximate surface area is 118 Å². The number of pyridine rings is 1. The Kier molecular flexibility index (Phi) is 4.11. The smallest absolute Gasteiger partial charge is 0.406 e. The van der Waals surface area contributed by atoms with E-state index in [1.807, 2.05) is 0 Å². The lowest BCUT2D eigenvalue weighted by Gasteiger charge is -2.11. The van der Waals surface area contributed by atoms with E-state index in [9.17, 15) is 18.0 Å². The number of aldehydes is 1. The molecule has 110 valence electrons. The van der Waals surface area contributed by atoms with Crippen LogP contribution in [0.2, 0.25) is 0 Å². The van der Waals surface area contributed by atoms with E-state index in [-0.39, 0.29) is 11.6 Å². The van der Waals surface area contributed by atoms with Crippen LogP contribution in [0.15, 0.2) is 36.5 Å². The third-order valence-electron chi connectivity index (χ3n) is 2.64. The number of hydrogen-bond acceptors (Lipinski definition) is 4. The van der Waals surface area contributed by atoms with E-state index >= 15 is 0 Å². The number of aryl methyl sites for hydroxylation is 1. The first-order valence-electron chi connectivity index (χ1n) is 5.92. The zero-order valence-electron chi connectivity index (χ0n) is 10.9. The summed E-state index contributed by atoms with van der Waals surface area (Å²) >= 11 is 0. The second-order valence-corrected chi connectivity index (χ2v) is 4.24. The lowest BCUT2D eigenvalue weighted by molar-refractivity contribution is -0.274. The SMILES string of the molecule is Cc1ccc(Nc2cc(OC(F)(F)F)ccn2)cc1C=O. The summed E-state index contributed by atoms with van der Waals surface area (Å²) in [6, 6.07) is 7.23. The number of rotatable bonds is 4. The van der Waals surface area contributed by atoms with Gasteiger partial charge in [-0.2, -0.15) is 0 Å². The average Bonchev–Trinajstić information content (AvgIpc) is 2.39. The molecule has 7 heteroatoms. The Bertz CT molecular complexity index is 657. The van der Waals surface area contributed by atoms with Crippen LogP contribution in [0, 0.1) is 6.92 Å². The van der Waals surface area contributed by atoms with Gasteiger partial charge < -0.3 is 10.1 Å². The van der Waals surface area contributed by atoms with Crippen molar-refractivity contribution in [3.05, 3.63) is 47.7 Å². The predicted molar refractivity (Wildman–Crippen MR) is 70.8 cm³/mol. The molecule has 0 aliphatic carbocycles. The van der Waals surface area contributed by atoms with E-state index in [2.05, 4.69) is 15.0 Å². The van der Waals surface area contributed by atoms with E-state index in [0.29, 0.717) is 17.5 Å². The number of carbonyl (C=O) groups is 1. The van der Waals surface area contributed by atoms with E-state index in [1.54, 1.807) is 25.1 Å². The number of anilines is 2. The zero-order valence-corrected chi connectivity index (χ0v) is 10.9. The molecular weight excluding hydrogens is 285 g/mol. The first kappa shape index (κ1) is 14.8. The molecule has 0 unspecified atom stereocenters. The largest absolute Gasteiger partial charge is 0.573 e. The Balaban J connectivity index is 2.20. The number of ether oxygens (including phenoxy) is 1. The molecule has 1 aromatic heterocycles. The molecular formula is C14H11F3N2O2. The summed E-state index contributed by atoms with van der Waals surface area (Å²) in [6.45, 7) is 1.78. The monoisotopic (exact) mass is 296 g/mol. The van der Waals surface area contributed by atoms with Crippen LogP contribution in [0.3, 0.4) is 0 Å². The molecule has 0 amide bonds. The van der Waals surface area contributed by atoms with Crippen molar-refractivity contribution >= 4 is 17.8 Å². The second kappa shape index (κ2) is 5.82. The van der Waals surface area contributed by atoms with E-state index < -0.39 is 6.36 Å². The van der Waals surface area contributed by atoms with Gasteiger partial charge in [0.25, 0.3) is 0 Å². The Morgan fingerprint density at radius 1 is 1.24 bits per heavy atom. The molecule has 1 aromatic carbocycles. The number of nitrogens with one attached hydrogen (secondary N) is 1. The zero-order chi connectivity index (χ0) is 15.5. The molecule has 21 heavy (non-hydrogen) atoms. The van der Waals surface area contributed by atoms with E-state index in [0.717, 1.165) is 17.7 Å². The molecule has 0 aliphatic rings. The van der Waals surface area contributed by atoms with Gasteiger partial charge in [-0.15, -0.1) is 13.2 Å². The fourth-order valence-corrected chi connectivity index (χ4v) is 1.67. The number of aromatic nitrogens is 1. The van der Waals surface area contributed by atoms with E-state index in [4.69, 9.17) is 0 Å². The molecule has 1 N–H and O–H groups in total. The first-order valence-corrected chi connectivity index (χ1v) is 5.92. The van der Waals surface area contributed by atoms with Gasteiger partial charge in [-0.3, -0.25) is 4.79 Å². The lowest BCUT2D eigenvalue weighted by Crippen LogP contribution is -2.17. The van der Waals surface area contributed by atoms with Crippen LogP contribution in [0.4, 0.5) is 24.7 Å². The van der Waals surface area contributed by atoms with Crippen molar-refractivity contribution in [3.8, 4) is 5.75 Å². The standard InChI is InChI=1S/C14H11F3N2O2/c1-9-2-3-11(6-10(9)8-20)19-13-7-12(4-5-18-13)21-14(15,16)17/h2-8H,1H3,(H,18,19). The van der Waals surface area contributed by atoms with E-state index in [1.165, 1.54) is 6.20 Å². The summed E-state index contributed by atoms with van der Waals surface area (Å²) < 4.78 is 40.2. The van der Waals surface area contributed by atoms with Crippen molar-refractivity contribution in [1.29, 1.82) is 0 Å². The van der Waals surface area contributed by atoms with Crippen molar-refractivity contribution in [1.82, 2.24) is 4.98 Å². The molecule has 0 atom stereocenters. The molecule has 1 heterocycles. The highest BCUT2D eigenvalue weighted by Crippen LogP contribution is 2.25. The third-order valence-corrected chi connectivity index (χ3v) is 2.64. The summed E-state index contributed by atoms with van der Waals surface area (Å²) in [4.78, 5) is 14.8. The summed E-state index contributed by atoms with van der Waals surface area (Å²) in [5, 5.41) is 2.81. The fraction of sp³-hybridized carbons (Fsp3) is 0.143. The minimum absolute atomic E-state index is 0.178. The lowest BCUT2D eigenvalue weighted by atomic mass is 10.1. The number of alkyl halides is 3. The molecule has 0 saturated heterocycles. The molecule has 0 aliphatic heterocycles. The van der Waals surface area contributed by atoms with Crippen LogP contribution in [-0.2, 0) is 0 Å². The van der Waals surface area contributed by atoms with Gasteiger partial charge in [0.1, 0.15) is 17.9 Å². The van der Waals surface area contributed by atoms with Crippen molar-refractivity contribution < 1.29 is 22.7 Å². The Morgan fingerprint density at radius 2 is 2.00 bits per heavy atom. The topological polar surface area (TPSA) is 51.2 Å². The van der Waals surface area contributed by atoms with Crippen molar-refractivity contribution in [3.63, 3.8) is 0 Å². The highest BCUT2D eigenvalue weighted by molar-refractivity contribution is 5.80. The van der Waals surface area contributed by atoms with Gasteiger partial charge in [0, 0.05) is 23.5 Å². The maximum Gasteiger partial charge on any atom is 0.573 e. The molecule has 2 aromatic rings. The van der Waals surface area contributed by atoms with Gasteiger partial charge in [0.2, 0.25) is 0 Å². The molecule has 4 nitrogen and oxygen atoms in total. The van der Waals surface area contributed by atoms with Crippen LogP contribution in [0.25, 0.3) is 0 Å². The Morgan fingerprint density at radius 3 is 2.67 bits per heavy atom. The fourth-order valence-electron chi connectivity index (χ4n) is 1.67. The summed E-state index contributed by atoms with van der Waals surface area (Å²) in [6.07, 6.45) is -2.86. The normalized spacial score (nSPS) is 11.0. The van der Waals surface area contributed by atoms with Gasteiger partial charge >= 0.3 is 6.36 Å². The maximum atomic E-state index is 12.1. The molecule has 0 saturated carbocycles. The summed E-state index contributed by atoms with van der Waals surface area (Å²) in [5.41, 5.74) is 1.83. The van der Waals surface area contributed by atoms with Crippen LogP contribution >= 0.6 is 0 Å². The number of hydrogen-bond donors (Lipinski definition) is 1. The minimum Gasteiger partial charge on any atom is -0.406 e. The summed E-state index contributed by atoms with van der Waals surface area (Å²) in [5.74, 6) is -0.194. The summed E-state index contributed by atoms with van der Waals surface area (Å²) in [7, 11) is 0. The van der Waals surface area contributed by atoms with Crippen LogP contribution in [0.5, 0.6) is 5.75 Å². The average molecular weight is 296 g/mol. The second-order valence-electron chi connectivity index (χ2n) is 4.24. The van der Waals surface area contributed by atoms with Crippen LogP contribution < -0.4 is 10.1 Å². The maximum absolute atomic E-state index is 12.1. The van der Waals surface area contributed by atoms with Crippen molar-refractivity contribution in [2.24, 2.45) is 0 Å². The van der Waals surface area contributed by atoms with Crippen molar-refractivity contribution in [2.45, 2.75) is 13.3 Å². The number of benzene rings is 1. The molecule has 0 spiro atoms.